The van der Waals surface area contributed by atoms with Crippen LogP contribution in [0.2, 0.25) is 0 Å². The van der Waals surface area contributed by atoms with E-state index in [0.717, 1.165) is 23.6 Å². The van der Waals surface area contributed by atoms with E-state index in [1.807, 2.05) is 12.1 Å². The Morgan fingerprint density at radius 3 is 2.56 bits per heavy atom. The highest BCUT2D eigenvalue weighted by Crippen LogP contribution is 2.26. The largest absolute Gasteiger partial charge is 0.310 e. The van der Waals surface area contributed by atoms with Gasteiger partial charge in [0.1, 0.15) is 5.82 Å². The summed E-state index contributed by atoms with van der Waals surface area (Å²) in [7, 11) is 0. The summed E-state index contributed by atoms with van der Waals surface area (Å²) in [5.74, 6) is 0.837. The molecule has 18 heavy (non-hydrogen) atoms. The number of aryl methyl sites for hydroxylation is 1. The smallest absolute Gasteiger partial charge is 0.126 e. The van der Waals surface area contributed by atoms with E-state index in [1.165, 1.54) is 32.1 Å². The molecule has 100 valence electrons. The lowest BCUT2D eigenvalue weighted by atomic mass is 9.84. The molecule has 0 amide bonds. The molecule has 1 aromatic rings. The van der Waals surface area contributed by atoms with Gasteiger partial charge in [-0.2, -0.15) is 0 Å². The monoisotopic (exact) mass is 249 g/mol. The predicted octanol–water partition coefficient (Wildman–Crippen LogP) is 4.19. The molecule has 0 aliphatic heterocycles. The first kappa shape index (κ1) is 13.5. The van der Waals surface area contributed by atoms with Crippen LogP contribution in [0.5, 0.6) is 0 Å². The minimum absolute atomic E-state index is 0.0935. The van der Waals surface area contributed by atoms with Crippen LogP contribution < -0.4 is 5.32 Å². The number of rotatable bonds is 4. The van der Waals surface area contributed by atoms with Gasteiger partial charge in [-0.1, -0.05) is 25.5 Å². The van der Waals surface area contributed by atoms with E-state index in [4.69, 9.17) is 0 Å². The summed E-state index contributed by atoms with van der Waals surface area (Å²) in [6.45, 7) is 4.88. The second-order valence-electron chi connectivity index (χ2n) is 5.59. The van der Waals surface area contributed by atoms with Gasteiger partial charge < -0.3 is 5.32 Å². The highest BCUT2D eigenvalue weighted by atomic mass is 19.1. The maximum Gasteiger partial charge on any atom is 0.126 e. The Kier molecular flexibility index (Phi) is 4.76. The Bertz CT molecular complexity index is 381. The van der Waals surface area contributed by atoms with Crippen LogP contribution in [0.3, 0.4) is 0 Å². The van der Waals surface area contributed by atoms with Crippen molar-refractivity contribution in [3.8, 4) is 0 Å². The number of halogens is 1. The average molecular weight is 249 g/mol. The summed E-state index contributed by atoms with van der Waals surface area (Å²) >= 11 is 0. The molecule has 1 aliphatic carbocycles. The Labute approximate surface area is 110 Å². The first-order valence-electron chi connectivity index (χ1n) is 7.17. The molecule has 1 aliphatic rings. The van der Waals surface area contributed by atoms with Gasteiger partial charge in [0.2, 0.25) is 0 Å². The zero-order valence-electron chi connectivity index (χ0n) is 11.5. The molecule has 0 aromatic heterocycles. The predicted molar refractivity (Wildman–Crippen MR) is 74.0 cm³/mol. The molecule has 0 saturated heterocycles. The topological polar surface area (TPSA) is 12.0 Å². The lowest BCUT2D eigenvalue weighted by Crippen LogP contribution is -2.32. The molecular formula is C16H24FN. The number of hydrogen-bond donors (Lipinski definition) is 1. The lowest BCUT2D eigenvalue weighted by molar-refractivity contribution is 0.285. The quantitative estimate of drug-likeness (QED) is 0.843. The van der Waals surface area contributed by atoms with Crippen LogP contribution in [-0.4, -0.2) is 6.04 Å². The summed E-state index contributed by atoms with van der Waals surface area (Å²) in [4.78, 5) is 0. The van der Waals surface area contributed by atoms with E-state index in [9.17, 15) is 4.39 Å². The standard InChI is InChI=1S/C16H24FN/c1-3-13-6-8-15(9-7-13)18-11-14-5-4-12(2)16(17)10-14/h4-5,10,13,15,18H,3,6-9,11H2,1-2H3. The molecule has 1 nitrogen and oxygen atoms in total. The van der Waals surface area contributed by atoms with Crippen molar-refractivity contribution in [2.45, 2.75) is 58.5 Å². The van der Waals surface area contributed by atoms with Crippen molar-refractivity contribution in [1.82, 2.24) is 5.32 Å². The summed E-state index contributed by atoms with van der Waals surface area (Å²) < 4.78 is 13.4. The van der Waals surface area contributed by atoms with Crippen LogP contribution in [0, 0.1) is 18.7 Å². The van der Waals surface area contributed by atoms with Gasteiger partial charge in [-0.15, -0.1) is 0 Å². The van der Waals surface area contributed by atoms with Gasteiger partial charge in [-0.3, -0.25) is 0 Å². The van der Waals surface area contributed by atoms with E-state index >= 15 is 0 Å². The van der Waals surface area contributed by atoms with E-state index in [2.05, 4.69) is 12.2 Å². The van der Waals surface area contributed by atoms with E-state index in [1.54, 1.807) is 13.0 Å². The van der Waals surface area contributed by atoms with Gasteiger partial charge in [-0.25, -0.2) is 4.39 Å². The molecular weight excluding hydrogens is 225 g/mol. The van der Waals surface area contributed by atoms with Crippen LogP contribution in [0.1, 0.15) is 50.2 Å². The van der Waals surface area contributed by atoms with Gasteiger partial charge in [-0.05, 0) is 55.7 Å². The third kappa shape index (κ3) is 3.55. The molecule has 0 bridgehead atoms. The van der Waals surface area contributed by atoms with Crippen LogP contribution in [0.4, 0.5) is 4.39 Å². The molecule has 0 heterocycles. The molecule has 0 unspecified atom stereocenters. The number of benzene rings is 1. The molecule has 2 rings (SSSR count). The Morgan fingerprint density at radius 1 is 1.22 bits per heavy atom. The van der Waals surface area contributed by atoms with Crippen molar-refractivity contribution < 1.29 is 4.39 Å². The molecule has 0 radical (unpaired) electrons. The van der Waals surface area contributed by atoms with E-state index in [0.29, 0.717) is 6.04 Å². The maximum atomic E-state index is 13.4. The second kappa shape index (κ2) is 6.33. The normalized spacial score (nSPS) is 24.2. The van der Waals surface area contributed by atoms with Gasteiger partial charge in [0.05, 0.1) is 0 Å². The van der Waals surface area contributed by atoms with Gasteiger partial charge in [0.15, 0.2) is 0 Å². The molecule has 0 atom stereocenters. The van der Waals surface area contributed by atoms with Gasteiger partial charge in [0, 0.05) is 12.6 Å². The fourth-order valence-corrected chi connectivity index (χ4v) is 2.78. The summed E-state index contributed by atoms with van der Waals surface area (Å²) in [5, 5.41) is 3.56. The van der Waals surface area contributed by atoms with Crippen molar-refractivity contribution in [2.24, 2.45) is 5.92 Å². The Hall–Kier alpha value is -0.890. The minimum atomic E-state index is -0.0935. The van der Waals surface area contributed by atoms with E-state index in [-0.39, 0.29) is 5.82 Å². The third-order valence-electron chi connectivity index (χ3n) is 4.26. The van der Waals surface area contributed by atoms with Crippen LogP contribution >= 0.6 is 0 Å². The lowest BCUT2D eigenvalue weighted by Gasteiger charge is -2.28. The van der Waals surface area contributed by atoms with Crippen LogP contribution in [0.25, 0.3) is 0 Å². The first-order valence-corrected chi connectivity index (χ1v) is 7.17. The maximum absolute atomic E-state index is 13.4. The molecule has 2 heteroatoms. The van der Waals surface area contributed by atoms with Gasteiger partial charge in [0.25, 0.3) is 0 Å². The van der Waals surface area contributed by atoms with Crippen molar-refractivity contribution in [1.29, 1.82) is 0 Å². The molecule has 0 spiro atoms. The van der Waals surface area contributed by atoms with Crippen LogP contribution in [-0.2, 0) is 6.54 Å². The van der Waals surface area contributed by atoms with E-state index < -0.39 is 0 Å². The fourth-order valence-electron chi connectivity index (χ4n) is 2.78. The first-order chi connectivity index (χ1) is 8.69. The minimum Gasteiger partial charge on any atom is -0.310 e. The Morgan fingerprint density at radius 2 is 1.94 bits per heavy atom. The fraction of sp³-hybridized carbons (Fsp3) is 0.625. The van der Waals surface area contributed by atoms with Crippen LogP contribution in [0.15, 0.2) is 18.2 Å². The van der Waals surface area contributed by atoms with Crippen molar-refractivity contribution in [3.63, 3.8) is 0 Å². The summed E-state index contributed by atoms with van der Waals surface area (Å²) in [5.41, 5.74) is 1.78. The molecule has 1 N–H and O–H groups in total. The third-order valence-corrected chi connectivity index (χ3v) is 4.26. The second-order valence-corrected chi connectivity index (χ2v) is 5.59. The highest BCUT2D eigenvalue weighted by molar-refractivity contribution is 5.23. The molecule has 1 aromatic carbocycles. The number of hydrogen-bond acceptors (Lipinski definition) is 1. The average Bonchev–Trinajstić information content (AvgIpc) is 2.41. The van der Waals surface area contributed by atoms with Gasteiger partial charge >= 0.3 is 0 Å². The summed E-state index contributed by atoms with van der Waals surface area (Å²) in [6.07, 6.45) is 6.54. The van der Waals surface area contributed by atoms with Crippen molar-refractivity contribution in [2.75, 3.05) is 0 Å². The Balaban J connectivity index is 1.79. The zero-order valence-corrected chi connectivity index (χ0v) is 11.5. The molecule has 1 fully saturated rings. The molecule has 1 saturated carbocycles. The van der Waals surface area contributed by atoms with Crippen molar-refractivity contribution in [3.05, 3.63) is 35.1 Å². The summed E-state index contributed by atoms with van der Waals surface area (Å²) in [6, 6.07) is 6.15. The van der Waals surface area contributed by atoms with Crippen molar-refractivity contribution >= 4 is 0 Å². The zero-order chi connectivity index (χ0) is 13.0. The SMILES string of the molecule is CCC1CCC(NCc2ccc(C)c(F)c2)CC1. The number of nitrogens with one attached hydrogen (secondary N) is 1. The highest BCUT2D eigenvalue weighted by Gasteiger charge is 2.19.